The van der Waals surface area contributed by atoms with Gasteiger partial charge in [-0.2, -0.15) is 0 Å². The molecule has 3 rings (SSSR count). The fraction of sp³-hybridized carbons (Fsp3) is 0.474. The number of aromatic nitrogens is 2. The summed E-state index contributed by atoms with van der Waals surface area (Å²) in [6.45, 7) is 3.96. The molecule has 26 heavy (non-hydrogen) atoms. The maximum atomic E-state index is 12.7. The summed E-state index contributed by atoms with van der Waals surface area (Å²) in [6, 6.07) is 3.52. The summed E-state index contributed by atoms with van der Waals surface area (Å²) in [5.74, 6) is 0.424. The van der Waals surface area contributed by atoms with E-state index in [0.29, 0.717) is 31.0 Å². The number of hydrogen-bond donors (Lipinski definition) is 1. The monoisotopic (exact) mass is 372 g/mol. The lowest BCUT2D eigenvalue weighted by molar-refractivity contribution is -0.120. The van der Waals surface area contributed by atoms with E-state index >= 15 is 0 Å². The number of hydrogen-bond acceptors (Lipinski definition) is 5. The Morgan fingerprint density at radius 2 is 2.15 bits per heavy atom. The largest absolute Gasteiger partial charge is 0.356 e. The highest BCUT2D eigenvalue weighted by Gasteiger charge is 2.27. The van der Waals surface area contributed by atoms with Crippen molar-refractivity contribution in [3.8, 4) is 0 Å². The maximum Gasteiger partial charge on any atom is 0.253 e. The quantitative estimate of drug-likeness (QED) is 0.846. The van der Waals surface area contributed by atoms with Crippen molar-refractivity contribution in [2.75, 3.05) is 19.6 Å². The fourth-order valence-electron chi connectivity index (χ4n) is 3.12. The molecule has 7 heteroatoms. The Kier molecular flexibility index (Phi) is 6.33. The highest BCUT2D eigenvalue weighted by atomic mass is 32.1. The van der Waals surface area contributed by atoms with Gasteiger partial charge in [-0.25, -0.2) is 4.98 Å². The molecule has 0 aromatic carbocycles. The summed E-state index contributed by atoms with van der Waals surface area (Å²) in [6.07, 6.45) is 6.60. The summed E-state index contributed by atoms with van der Waals surface area (Å²) < 4.78 is 0. The van der Waals surface area contributed by atoms with Crippen LogP contribution in [0.4, 0.5) is 0 Å². The van der Waals surface area contributed by atoms with Crippen molar-refractivity contribution in [2.24, 2.45) is 0 Å². The summed E-state index contributed by atoms with van der Waals surface area (Å²) in [5, 5.41) is 6.04. The molecular formula is C19H24N4O2S. The lowest BCUT2D eigenvalue weighted by Gasteiger charge is -2.31. The number of nitrogens with zero attached hydrogens (tertiary/aromatic N) is 3. The van der Waals surface area contributed by atoms with Crippen LogP contribution < -0.4 is 5.32 Å². The Morgan fingerprint density at radius 3 is 2.92 bits per heavy atom. The number of likely N-dealkylation sites (tertiary alicyclic amines) is 1. The lowest BCUT2D eigenvalue weighted by atomic mass is 9.98. The van der Waals surface area contributed by atoms with Gasteiger partial charge in [0.15, 0.2) is 0 Å². The van der Waals surface area contributed by atoms with E-state index in [1.807, 2.05) is 11.8 Å². The van der Waals surface area contributed by atoms with E-state index in [1.165, 1.54) is 0 Å². The molecule has 1 saturated heterocycles. The number of rotatable bonds is 6. The number of pyridine rings is 1. The van der Waals surface area contributed by atoms with E-state index in [2.05, 4.69) is 15.7 Å². The van der Waals surface area contributed by atoms with Crippen molar-refractivity contribution in [3.05, 3.63) is 46.2 Å². The topological polar surface area (TPSA) is 75.2 Å². The number of amides is 2. The van der Waals surface area contributed by atoms with Crippen LogP contribution in [0.15, 0.2) is 29.9 Å². The van der Waals surface area contributed by atoms with Gasteiger partial charge in [0, 0.05) is 61.7 Å². The zero-order valence-corrected chi connectivity index (χ0v) is 15.8. The van der Waals surface area contributed by atoms with Gasteiger partial charge in [0.05, 0.1) is 10.7 Å². The van der Waals surface area contributed by atoms with Gasteiger partial charge in [-0.15, -0.1) is 11.3 Å². The predicted octanol–water partition coefficient (Wildman–Crippen LogP) is 2.63. The maximum absolute atomic E-state index is 12.7. The second kappa shape index (κ2) is 8.89. The average Bonchev–Trinajstić information content (AvgIpc) is 3.17. The molecule has 0 radical (unpaired) electrons. The number of thiazole rings is 1. The van der Waals surface area contributed by atoms with Gasteiger partial charge in [-0.1, -0.05) is 6.92 Å². The molecule has 1 N–H and O–H groups in total. The predicted molar refractivity (Wildman–Crippen MR) is 101 cm³/mol. The van der Waals surface area contributed by atoms with E-state index in [0.717, 1.165) is 36.5 Å². The van der Waals surface area contributed by atoms with Crippen LogP contribution in [0.2, 0.25) is 0 Å². The van der Waals surface area contributed by atoms with Crippen molar-refractivity contribution in [2.45, 2.75) is 38.5 Å². The highest BCUT2D eigenvalue weighted by Crippen LogP contribution is 2.30. The van der Waals surface area contributed by atoms with Crippen molar-refractivity contribution in [1.82, 2.24) is 20.2 Å². The first-order valence-corrected chi connectivity index (χ1v) is 9.95. The zero-order chi connectivity index (χ0) is 18.4. The minimum absolute atomic E-state index is 0.0659. The molecule has 2 aromatic heterocycles. The van der Waals surface area contributed by atoms with Gasteiger partial charge in [0.1, 0.15) is 0 Å². The molecule has 0 bridgehead atoms. The van der Waals surface area contributed by atoms with Crippen LogP contribution >= 0.6 is 11.3 Å². The molecule has 0 unspecified atom stereocenters. The average molecular weight is 372 g/mol. The Labute approximate surface area is 157 Å². The first kappa shape index (κ1) is 18.5. The smallest absolute Gasteiger partial charge is 0.253 e. The molecule has 138 valence electrons. The van der Waals surface area contributed by atoms with Gasteiger partial charge in [0.2, 0.25) is 5.91 Å². The van der Waals surface area contributed by atoms with Crippen LogP contribution in [0, 0.1) is 0 Å². The van der Waals surface area contributed by atoms with Gasteiger partial charge >= 0.3 is 0 Å². The standard InChI is InChI=1S/C19H24N4O2S/c1-2-17(24)21-10-7-16-13-26-18(22-16)15-4-3-11-23(12-15)19(25)14-5-8-20-9-6-14/h5-6,8-9,13,15H,2-4,7,10-12H2,1H3,(H,21,24)/t15-/m0/s1. The van der Waals surface area contributed by atoms with Gasteiger partial charge in [-0.05, 0) is 25.0 Å². The highest BCUT2D eigenvalue weighted by molar-refractivity contribution is 7.09. The summed E-state index contributed by atoms with van der Waals surface area (Å²) in [7, 11) is 0. The van der Waals surface area contributed by atoms with Crippen LogP contribution in [0.3, 0.4) is 0 Å². The molecule has 2 aromatic rings. The lowest BCUT2D eigenvalue weighted by Crippen LogP contribution is -2.39. The third-order valence-corrected chi connectivity index (χ3v) is 5.64. The van der Waals surface area contributed by atoms with E-state index in [-0.39, 0.29) is 11.8 Å². The molecule has 2 amide bonds. The van der Waals surface area contributed by atoms with Crippen molar-refractivity contribution in [1.29, 1.82) is 0 Å². The third kappa shape index (κ3) is 4.66. The number of nitrogens with one attached hydrogen (secondary N) is 1. The fourth-order valence-corrected chi connectivity index (χ4v) is 4.10. The minimum atomic E-state index is 0.0659. The van der Waals surface area contributed by atoms with Crippen molar-refractivity contribution in [3.63, 3.8) is 0 Å². The second-order valence-electron chi connectivity index (χ2n) is 6.46. The molecule has 1 fully saturated rings. The van der Waals surface area contributed by atoms with Crippen LogP contribution in [0.5, 0.6) is 0 Å². The molecule has 1 aliphatic heterocycles. The Hall–Kier alpha value is -2.28. The van der Waals surface area contributed by atoms with Crippen LogP contribution in [0.25, 0.3) is 0 Å². The SMILES string of the molecule is CCC(=O)NCCc1csc([C@H]2CCCN(C(=O)c3ccncc3)C2)n1. The molecular weight excluding hydrogens is 348 g/mol. The van der Waals surface area contributed by atoms with Crippen molar-refractivity contribution < 1.29 is 9.59 Å². The molecule has 0 spiro atoms. The van der Waals surface area contributed by atoms with Crippen LogP contribution in [-0.4, -0.2) is 46.3 Å². The molecule has 1 atom stereocenters. The second-order valence-corrected chi connectivity index (χ2v) is 7.35. The normalized spacial score (nSPS) is 17.1. The number of piperidine rings is 1. The zero-order valence-electron chi connectivity index (χ0n) is 15.0. The molecule has 3 heterocycles. The van der Waals surface area contributed by atoms with Crippen LogP contribution in [-0.2, 0) is 11.2 Å². The Balaban J connectivity index is 1.58. The van der Waals surface area contributed by atoms with Crippen LogP contribution in [0.1, 0.15) is 53.2 Å². The third-order valence-electron chi connectivity index (χ3n) is 4.58. The van der Waals surface area contributed by atoms with Crippen molar-refractivity contribution >= 4 is 23.2 Å². The number of carbonyl (C=O) groups is 2. The van der Waals surface area contributed by atoms with E-state index in [9.17, 15) is 9.59 Å². The summed E-state index contributed by atoms with van der Waals surface area (Å²) >= 11 is 1.66. The molecule has 1 aliphatic rings. The van der Waals surface area contributed by atoms with E-state index < -0.39 is 0 Å². The van der Waals surface area contributed by atoms with Gasteiger partial charge in [-0.3, -0.25) is 14.6 Å². The number of carbonyl (C=O) groups excluding carboxylic acids is 2. The molecule has 6 nitrogen and oxygen atoms in total. The molecule has 0 saturated carbocycles. The first-order chi connectivity index (χ1) is 12.7. The van der Waals surface area contributed by atoms with Gasteiger partial charge in [0.25, 0.3) is 5.91 Å². The van der Waals surface area contributed by atoms with E-state index in [4.69, 9.17) is 4.98 Å². The molecule has 0 aliphatic carbocycles. The Morgan fingerprint density at radius 1 is 1.35 bits per heavy atom. The van der Waals surface area contributed by atoms with Gasteiger partial charge < -0.3 is 10.2 Å². The summed E-state index contributed by atoms with van der Waals surface area (Å²) in [4.78, 5) is 34.6. The Bertz CT molecular complexity index is 747. The first-order valence-electron chi connectivity index (χ1n) is 9.07. The van der Waals surface area contributed by atoms with E-state index in [1.54, 1.807) is 35.9 Å². The minimum Gasteiger partial charge on any atom is -0.356 e. The summed E-state index contributed by atoms with van der Waals surface area (Å²) in [5.41, 5.74) is 1.70.